The van der Waals surface area contributed by atoms with Crippen LogP contribution in [-0.2, 0) is 6.54 Å². The third kappa shape index (κ3) is 3.31. The fraction of sp³-hybridized carbons (Fsp3) is 0.231. The summed E-state index contributed by atoms with van der Waals surface area (Å²) in [6.07, 6.45) is 0. The smallest absolute Gasteiger partial charge is 0.0468 e. The van der Waals surface area contributed by atoms with Gasteiger partial charge in [-0.15, -0.1) is 11.3 Å². The molecule has 0 aliphatic carbocycles. The average molecular weight is 311 g/mol. The van der Waals surface area contributed by atoms with Crippen molar-refractivity contribution in [2.75, 3.05) is 5.73 Å². The molecule has 1 aromatic heterocycles. The Hall–Kier alpha value is -0.840. The lowest BCUT2D eigenvalue weighted by atomic mass is 10.1. The molecule has 0 amide bonds. The average Bonchev–Trinajstić information content (AvgIpc) is 2.72. The first-order chi connectivity index (χ1) is 8.16. The maximum absolute atomic E-state index is 5.85. The highest BCUT2D eigenvalue weighted by atomic mass is 79.9. The molecule has 0 fully saturated rings. The van der Waals surface area contributed by atoms with Crippen LogP contribution < -0.4 is 11.1 Å². The fourth-order valence-electron chi connectivity index (χ4n) is 1.63. The van der Waals surface area contributed by atoms with Crippen LogP contribution in [0.1, 0.15) is 23.4 Å². The number of hydrogen-bond acceptors (Lipinski definition) is 3. The topological polar surface area (TPSA) is 38.0 Å². The van der Waals surface area contributed by atoms with E-state index in [9.17, 15) is 0 Å². The van der Waals surface area contributed by atoms with Crippen molar-refractivity contribution in [2.45, 2.75) is 19.5 Å². The number of nitrogens with one attached hydrogen (secondary N) is 1. The summed E-state index contributed by atoms with van der Waals surface area (Å²) in [4.78, 5) is 1.20. The number of nitrogen functional groups attached to an aromatic ring is 1. The van der Waals surface area contributed by atoms with Gasteiger partial charge in [-0.05, 0) is 36.1 Å². The number of nitrogens with two attached hydrogens (primary N) is 1. The van der Waals surface area contributed by atoms with Crippen molar-refractivity contribution in [3.8, 4) is 0 Å². The summed E-state index contributed by atoms with van der Waals surface area (Å²) in [5.74, 6) is 0. The summed E-state index contributed by atoms with van der Waals surface area (Å²) in [6.45, 7) is 2.97. The first-order valence-electron chi connectivity index (χ1n) is 5.47. The Morgan fingerprint density at radius 3 is 2.88 bits per heavy atom. The van der Waals surface area contributed by atoms with E-state index in [0.717, 1.165) is 16.7 Å². The third-order valence-electron chi connectivity index (χ3n) is 2.70. The molecule has 4 heteroatoms. The van der Waals surface area contributed by atoms with Gasteiger partial charge in [0.05, 0.1) is 0 Å². The molecule has 3 N–H and O–H groups in total. The summed E-state index contributed by atoms with van der Waals surface area (Å²) >= 11 is 5.18. The summed E-state index contributed by atoms with van der Waals surface area (Å²) in [6, 6.07) is 10.6. The van der Waals surface area contributed by atoms with Gasteiger partial charge in [-0.1, -0.05) is 28.1 Å². The first kappa shape index (κ1) is 12.6. The van der Waals surface area contributed by atoms with E-state index in [-0.39, 0.29) is 0 Å². The van der Waals surface area contributed by atoms with Crippen molar-refractivity contribution < 1.29 is 0 Å². The van der Waals surface area contributed by atoms with Crippen LogP contribution in [0.15, 0.2) is 40.2 Å². The molecule has 2 nitrogen and oxygen atoms in total. The molecule has 0 bridgehead atoms. The number of rotatable bonds is 4. The number of benzene rings is 1. The van der Waals surface area contributed by atoms with Crippen LogP contribution in [0, 0.1) is 0 Å². The van der Waals surface area contributed by atoms with Crippen molar-refractivity contribution >= 4 is 33.0 Å². The fourth-order valence-corrected chi connectivity index (χ4v) is 2.80. The molecule has 0 spiro atoms. The Morgan fingerprint density at radius 2 is 2.24 bits per heavy atom. The number of thiophene rings is 1. The number of anilines is 1. The van der Waals surface area contributed by atoms with E-state index in [1.165, 1.54) is 10.4 Å². The van der Waals surface area contributed by atoms with E-state index < -0.39 is 0 Å². The highest BCUT2D eigenvalue weighted by Gasteiger charge is 2.07. The van der Waals surface area contributed by atoms with E-state index in [1.54, 1.807) is 11.3 Å². The van der Waals surface area contributed by atoms with Crippen LogP contribution >= 0.6 is 27.3 Å². The van der Waals surface area contributed by atoms with Crippen LogP contribution in [0.3, 0.4) is 0 Å². The predicted octanol–water partition coefficient (Wildman–Crippen LogP) is 3.94. The Kier molecular flexibility index (Phi) is 4.20. The van der Waals surface area contributed by atoms with Crippen molar-refractivity contribution in [2.24, 2.45) is 0 Å². The van der Waals surface area contributed by atoms with Crippen LogP contribution in [0.2, 0.25) is 0 Å². The second-order valence-electron chi connectivity index (χ2n) is 3.96. The van der Waals surface area contributed by atoms with E-state index in [2.05, 4.69) is 46.4 Å². The third-order valence-corrected chi connectivity index (χ3v) is 4.13. The Balaban J connectivity index is 1.98. The van der Waals surface area contributed by atoms with Crippen LogP contribution in [0.4, 0.5) is 5.69 Å². The lowest BCUT2D eigenvalue weighted by Crippen LogP contribution is -2.17. The Bertz CT molecular complexity index is 496. The molecule has 0 saturated carbocycles. The molecule has 2 aromatic rings. The standard InChI is InChI=1S/C13H15BrN2S/c1-9(10-3-2-4-11(14)7-10)16-8-13-12(15)5-6-17-13/h2-7,9,16H,8,15H2,1H3/t9-/m1/s1. The highest BCUT2D eigenvalue weighted by Crippen LogP contribution is 2.21. The molecule has 17 heavy (non-hydrogen) atoms. The van der Waals surface area contributed by atoms with Gasteiger partial charge >= 0.3 is 0 Å². The van der Waals surface area contributed by atoms with Gasteiger partial charge in [-0.3, -0.25) is 0 Å². The summed E-state index contributed by atoms with van der Waals surface area (Å²) in [7, 11) is 0. The molecule has 0 unspecified atom stereocenters. The van der Waals surface area contributed by atoms with Crippen molar-refractivity contribution in [3.63, 3.8) is 0 Å². The largest absolute Gasteiger partial charge is 0.398 e. The summed E-state index contributed by atoms with van der Waals surface area (Å²) < 4.78 is 1.11. The van der Waals surface area contributed by atoms with Crippen molar-refractivity contribution in [3.05, 3.63) is 50.6 Å². The molecular weight excluding hydrogens is 296 g/mol. The molecular formula is C13H15BrN2S. The second kappa shape index (κ2) is 5.67. The zero-order chi connectivity index (χ0) is 12.3. The number of hydrogen-bond donors (Lipinski definition) is 2. The van der Waals surface area contributed by atoms with Gasteiger partial charge in [-0.2, -0.15) is 0 Å². The van der Waals surface area contributed by atoms with Gasteiger partial charge in [0.25, 0.3) is 0 Å². The number of halogens is 1. The van der Waals surface area contributed by atoms with Crippen molar-refractivity contribution in [1.82, 2.24) is 5.32 Å². The Labute approximate surface area is 114 Å². The van der Waals surface area contributed by atoms with E-state index >= 15 is 0 Å². The molecule has 0 radical (unpaired) electrons. The van der Waals surface area contributed by atoms with Gasteiger partial charge in [-0.25, -0.2) is 0 Å². The second-order valence-corrected chi connectivity index (χ2v) is 5.87. The van der Waals surface area contributed by atoms with Crippen LogP contribution in [0.5, 0.6) is 0 Å². The zero-order valence-corrected chi connectivity index (χ0v) is 12.0. The first-order valence-corrected chi connectivity index (χ1v) is 7.15. The van der Waals surface area contributed by atoms with Gasteiger partial charge in [0.1, 0.15) is 0 Å². The lowest BCUT2D eigenvalue weighted by Gasteiger charge is -2.14. The van der Waals surface area contributed by atoms with Gasteiger partial charge in [0, 0.05) is 27.6 Å². The predicted molar refractivity (Wildman–Crippen MR) is 78.1 cm³/mol. The van der Waals surface area contributed by atoms with E-state index in [1.807, 2.05) is 17.5 Å². The minimum absolute atomic E-state index is 0.314. The van der Waals surface area contributed by atoms with Crippen LogP contribution in [-0.4, -0.2) is 0 Å². The maximum atomic E-state index is 5.85. The van der Waals surface area contributed by atoms with Gasteiger partial charge in [0.15, 0.2) is 0 Å². The van der Waals surface area contributed by atoms with Gasteiger partial charge < -0.3 is 11.1 Å². The monoisotopic (exact) mass is 310 g/mol. The molecule has 1 heterocycles. The normalized spacial score (nSPS) is 12.6. The molecule has 1 aromatic carbocycles. The van der Waals surface area contributed by atoms with Crippen molar-refractivity contribution in [1.29, 1.82) is 0 Å². The van der Waals surface area contributed by atoms with Crippen LogP contribution in [0.25, 0.3) is 0 Å². The molecule has 0 aliphatic heterocycles. The molecule has 0 aliphatic rings. The minimum atomic E-state index is 0.314. The van der Waals surface area contributed by atoms with E-state index in [0.29, 0.717) is 6.04 Å². The minimum Gasteiger partial charge on any atom is -0.398 e. The summed E-state index contributed by atoms with van der Waals surface area (Å²) in [5, 5.41) is 5.50. The van der Waals surface area contributed by atoms with E-state index in [4.69, 9.17) is 5.73 Å². The molecule has 1 atom stereocenters. The van der Waals surface area contributed by atoms with Gasteiger partial charge in [0.2, 0.25) is 0 Å². The zero-order valence-electron chi connectivity index (χ0n) is 9.61. The quantitative estimate of drug-likeness (QED) is 0.897. The lowest BCUT2D eigenvalue weighted by molar-refractivity contribution is 0.579. The highest BCUT2D eigenvalue weighted by molar-refractivity contribution is 9.10. The SMILES string of the molecule is C[C@@H](NCc1sccc1N)c1cccc(Br)c1. The maximum Gasteiger partial charge on any atom is 0.0468 e. The molecule has 90 valence electrons. The molecule has 2 rings (SSSR count). The Morgan fingerprint density at radius 1 is 1.41 bits per heavy atom. The molecule has 0 saturated heterocycles. The summed E-state index contributed by atoms with van der Waals surface area (Å²) in [5.41, 5.74) is 8.00.